The summed E-state index contributed by atoms with van der Waals surface area (Å²) in [5.41, 5.74) is 1.97. The molecule has 0 aliphatic heterocycles. The number of carbonyl (C=O) groups is 2. The molecule has 3 rings (SSSR count). The van der Waals surface area contributed by atoms with Crippen LogP contribution in [0.15, 0.2) is 66.7 Å². The van der Waals surface area contributed by atoms with Crippen LogP contribution < -0.4 is 10.6 Å². The minimum atomic E-state index is -0.598. The zero-order valence-electron chi connectivity index (χ0n) is 15.3. The smallest absolute Gasteiger partial charge is 0.270 e. The second-order valence-corrected chi connectivity index (χ2v) is 6.60. The maximum Gasteiger partial charge on any atom is 0.270 e. The fourth-order valence-electron chi connectivity index (χ4n) is 2.68. The molecule has 8 heteroatoms. The van der Waals surface area contributed by atoms with Gasteiger partial charge >= 0.3 is 0 Å². The molecule has 0 radical (unpaired) electrons. The predicted molar refractivity (Wildman–Crippen MR) is 112 cm³/mol. The Balaban J connectivity index is 1.84. The second kappa shape index (κ2) is 8.53. The van der Waals surface area contributed by atoms with Crippen molar-refractivity contribution >= 4 is 40.5 Å². The molecule has 0 heterocycles. The van der Waals surface area contributed by atoms with E-state index in [0.29, 0.717) is 5.69 Å². The minimum absolute atomic E-state index is 0.0569. The van der Waals surface area contributed by atoms with E-state index in [0.717, 1.165) is 11.6 Å². The first-order valence-corrected chi connectivity index (χ1v) is 8.96. The quantitative estimate of drug-likeness (QED) is 0.454. The van der Waals surface area contributed by atoms with Gasteiger partial charge in [-0.3, -0.25) is 19.7 Å². The van der Waals surface area contributed by atoms with Crippen LogP contribution in [0.3, 0.4) is 0 Å². The molecule has 0 atom stereocenters. The number of nitro benzene ring substituents is 1. The Labute approximate surface area is 171 Å². The number of anilines is 2. The second-order valence-electron chi connectivity index (χ2n) is 6.19. The SMILES string of the molecule is Cc1ccccc1NC(=O)c1ccccc1NC(=O)c1ccc([N+](=O)[O-])cc1Cl. The van der Waals surface area contributed by atoms with Gasteiger partial charge < -0.3 is 10.6 Å². The Kier molecular flexibility index (Phi) is 5.90. The lowest BCUT2D eigenvalue weighted by Crippen LogP contribution is -2.18. The number of aryl methyl sites for hydroxylation is 1. The lowest BCUT2D eigenvalue weighted by molar-refractivity contribution is -0.384. The molecule has 0 unspecified atom stereocenters. The van der Waals surface area contributed by atoms with Crippen molar-refractivity contribution in [2.45, 2.75) is 6.92 Å². The van der Waals surface area contributed by atoms with Crippen molar-refractivity contribution in [1.82, 2.24) is 0 Å². The summed E-state index contributed by atoms with van der Waals surface area (Å²) in [7, 11) is 0. The van der Waals surface area contributed by atoms with Crippen LogP contribution in [0.4, 0.5) is 17.1 Å². The topological polar surface area (TPSA) is 101 Å². The minimum Gasteiger partial charge on any atom is -0.322 e. The molecule has 0 aromatic heterocycles. The third-order valence-corrected chi connectivity index (χ3v) is 4.53. The third-order valence-electron chi connectivity index (χ3n) is 4.22. The van der Waals surface area contributed by atoms with Crippen LogP contribution in [-0.4, -0.2) is 16.7 Å². The van der Waals surface area contributed by atoms with Crippen molar-refractivity contribution < 1.29 is 14.5 Å². The van der Waals surface area contributed by atoms with E-state index >= 15 is 0 Å². The number of halogens is 1. The van der Waals surface area contributed by atoms with E-state index in [1.807, 2.05) is 25.1 Å². The number of carbonyl (C=O) groups excluding carboxylic acids is 2. The van der Waals surface area contributed by atoms with Crippen molar-refractivity contribution in [3.8, 4) is 0 Å². The fourth-order valence-corrected chi connectivity index (χ4v) is 2.94. The molecule has 0 aliphatic carbocycles. The lowest BCUT2D eigenvalue weighted by atomic mass is 10.1. The number of amides is 2. The van der Waals surface area contributed by atoms with E-state index in [1.165, 1.54) is 12.1 Å². The van der Waals surface area contributed by atoms with Gasteiger partial charge in [-0.1, -0.05) is 41.9 Å². The number of benzene rings is 3. The zero-order valence-corrected chi connectivity index (χ0v) is 16.1. The molecule has 146 valence electrons. The van der Waals surface area contributed by atoms with Crippen molar-refractivity contribution in [2.75, 3.05) is 10.6 Å². The molecule has 7 nitrogen and oxygen atoms in total. The van der Waals surface area contributed by atoms with E-state index in [2.05, 4.69) is 10.6 Å². The Morgan fingerprint density at radius 1 is 0.862 bits per heavy atom. The number of hydrogen-bond donors (Lipinski definition) is 2. The average molecular weight is 410 g/mol. The summed E-state index contributed by atoms with van der Waals surface area (Å²) >= 11 is 6.02. The highest BCUT2D eigenvalue weighted by atomic mass is 35.5. The number of hydrogen-bond acceptors (Lipinski definition) is 4. The molecule has 29 heavy (non-hydrogen) atoms. The summed E-state index contributed by atoms with van der Waals surface area (Å²) in [5.74, 6) is -0.967. The largest absolute Gasteiger partial charge is 0.322 e. The molecule has 0 bridgehead atoms. The maximum absolute atomic E-state index is 12.7. The lowest BCUT2D eigenvalue weighted by Gasteiger charge is -2.13. The van der Waals surface area contributed by atoms with Crippen LogP contribution in [-0.2, 0) is 0 Å². The van der Waals surface area contributed by atoms with Crippen LogP contribution in [0.1, 0.15) is 26.3 Å². The van der Waals surface area contributed by atoms with E-state index < -0.39 is 10.8 Å². The normalized spacial score (nSPS) is 10.3. The van der Waals surface area contributed by atoms with E-state index in [4.69, 9.17) is 11.6 Å². The van der Waals surface area contributed by atoms with Crippen LogP contribution in [0.25, 0.3) is 0 Å². The summed E-state index contributed by atoms with van der Waals surface area (Å²) in [6.45, 7) is 1.87. The van der Waals surface area contributed by atoms with Crippen molar-refractivity contribution in [1.29, 1.82) is 0 Å². The number of para-hydroxylation sites is 2. The third kappa shape index (κ3) is 4.59. The summed E-state index contributed by atoms with van der Waals surface area (Å²) in [4.78, 5) is 35.6. The molecular formula is C21H16ClN3O4. The highest BCUT2D eigenvalue weighted by Crippen LogP contribution is 2.25. The number of nitrogens with zero attached hydrogens (tertiary/aromatic N) is 1. The summed E-state index contributed by atoms with van der Waals surface area (Å²) in [6, 6.07) is 17.4. The molecule has 2 amide bonds. The number of nitro groups is 1. The van der Waals surface area contributed by atoms with Gasteiger partial charge in [-0.2, -0.15) is 0 Å². The standard InChI is InChI=1S/C21H16ClN3O4/c1-13-6-2-4-8-18(13)23-21(27)16-7-3-5-9-19(16)24-20(26)15-11-10-14(25(28)29)12-17(15)22/h2-12H,1H3,(H,23,27)(H,24,26). The van der Waals surface area contributed by atoms with Gasteiger partial charge in [0.1, 0.15) is 0 Å². The highest BCUT2D eigenvalue weighted by molar-refractivity contribution is 6.34. The van der Waals surface area contributed by atoms with Gasteiger partial charge in [-0.05, 0) is 36.8 Å². The molecule has 0 saturated heterocycles. The van der Waals surface area contributed by atoms with Crippen molar-refractivity contribution in [3.63, 3.8) is 0 Å². The molecule has 0 spiro atoms. The molecule has 3 aromatic carbocycles. The Morgan fingerprint density at radius 2 is 1.45 bits per heavy atom. The zero-order chi connectivity index (χ0) is 21.0. The van der Waals surface area contributed by atoms with E-state index in [-0.39, 0.29) is 33.4 Å². The highest BCUT2D eigenvalue weighted by Gasteiger charge is 2.18. The van der Waals surface area contributed by atoms with Crippen LogP contribution in [0, 0.1) is 17.0 Å². The number of nitrogens with one attached hydrogen (secondary N) is 2. The molecular weight excluding hydrogens is 394 g/mol. The van der Waals surface area contributed by atoms with Crippen LogP contribution in [0.5, 0.6) is 0 Å². The molecule has 0 fully saturated rings. The van der Waals surface area contributed by atoms with Gasteiger partial charge in [0, 0.05) is 17.8 Å². The van der Waals surface area contributed by atoms with Gasteiger partial charge in [0.15, 0.2) is 0 Å². The summed E-state index contributed by atoms with van der Waals surface area (Å²) in [6.07, 6.45) is 0. The first-order valence-electron chi connectivity index (χ1n) is 8.58. The van der Waals surface area contributed by atoms with Crippen molar-refractivity contribution in [3.05, 3.63) is 98.6 Å². The van der Waals surface area contributed by atoms with Gasteiger partial charge in [0.2, 0.25) is 0 Å². The average Bonchev–Trinajstić information content (AvgIpc) is 2.69. The first kappa shape index (κ1) is 20.0. The fraction of sp³-hybridized carbons (Fsp3) is 0.0476. The van der Waals surface area contributed by atoms with E-state index in [1.54, 1.807) is 30.3 Å². The molecule has 3 aromatic rings. The Morgan fingerprint density at radius 3 is 2.10 bits per heavy atom. The van der Waals surface area contributed by atoms with E-state index in [9.17, 15) is 19.7 Å². The Hall–Kier alpha value is -3.71. The van der Waals surface area contributed by atoms with Gasteiger partial charge in [-0.25, -0.2) is 0 Å². The van der Waals surface area contributed by atoms with Crippen LogP contribution >= 0.6 is 11.6 Å². The van der Waals surface area contributed by atoms with Gasteiger partial charge in [-0.15, -0.1) is 0 Å². The van der Waals surface area contributed by atoms with Crippen molar-refractivity contribution in [2.24, 2.45) is 0 Å². The number of non-ortho nitro benzene ring substituents is 1. The summed E-state index contributed by atoms with van der Waals surface area (Å²) < 4.78 is 0. The molecule has 0 aliphatic rings. The first-order chi connectivity index (χ1) is 13.9. The molecule has 2 N–H and O–H groups in total. The predicted octanol–water partition coefficient (Wildman–Crippen LogP) is 5.06. The summed E-state index contributed by atoms with van der Waals surface area (Å²) in [5, 5.41) is 16.2. The van der Waals surface area contributed by atoms with Gasteiger partial charge in [0.05, 0.1) is 26.8 Å². The van der Waals surface area contributed by atoms with Crippen LogP contribution in [0.2, 0.25) is 5.02 Å². The Bertz CT molecular complexity index is 1110. The molecule has 0 saturated carbocycles. The monoisotopic (exact) mass is 409 g/mol. The number of rotatable bonds is 5. The van der Waals surface area contributed by atoms with Gasteiger partial charge in [0.25, 0.3) is 17.5 Å². The maximum atomic E-state index is 12.7.